The quantitative estimate of drug-likeness (QED) is 0.0114. The normalized spacial score (nSPS) is 14.9. The number of benzene rings is 2. The molecule has 0 bridgehead atoms. The number of carboxylic acids is 1. The number of carboxylic acid groups (broad SMARTS) is 1. The third-order valence-corrected chi connectivity index (χ3v) is 15.2. The number of H-pyrrole nitrogens is 2. The topological polar surface area (TPSA) is 556 Å². The molecule has 4 aromatic rings. The fraction of sp³-hybridized carbons (Fsp3) is 0.508. The third kappa shape index (κ3) is 26.3. The highest BCUT2D eigenvalue weighted by Gasteiger charge is 2.38. The van der Waals surface area contributed by atoms with Gasteiger partial charge in [-0.1, -0.05) is 76.2 Å². The maximum absolute atomic E-state index is 14.7. The Morgan fingerprint density at radius 3 is 1.59 bits per heavy atom. The van der Waals surface area contributed by atoms with Crippen molar-refractivity contribution in [1.82, 2.24) is 73.4 Å². The van der Waals surface area contributed by atoms with Crippen LogP contribution in [0.15, 0.2) is 78.3 Å². The average molecular weight is 1360 g/mol. The number of aliphatic imine (C=N–C) groups is 1. The number of amides is 12. The van der Waals surface area contributed by atoms with Gasteiger partial charge in [0.25, 0.3) is 0 Å². The van der Waals surface area contributed by atoms with Crippen molar-refractivity contribution in [2.75, 3.05) is 13.1 Å². The second-order valence-electron chi connectivity index (χ2n) is 24.2. The van der Waals surface area contributed by atoms with Crippen LogP contribution < -0.4 is 81.4 Å². The summed E-state index contributed by atoms with van der Waals surface area (Å²) in [6, 6.07) is -0.318. The summed E-state index contributed by atoms with van der Waals surface area (Å²) >= 11 is 0. The minimum Gasteiger partial charge on any atom is -0.480 e. The number of hydrogen-bond acceptors (Lipinski definition) is 17. The summed E-state index contributed by atoms with van der Waals surface area (Å²) < 4.78 is 0. The van der Waals surface area contributed by atoms with Crippen LogP contribution in [0, 0.1) is 11.8 Å². The molecule has 0 fully saturated rings. The summed E-state index contributed by atoms with van der Waals surface area (Å²) in [5.74, 6) is -13.1. The van der Waals surface area contributed by atoms with E-state index in [1.807, 2.05) is 0 Å². The standard InChI is InChI=1S/C63H93N19O15/c1-31(2)23-44(59(93)82-51(36(8)83)61(95)81-50(32(3)4)60(94)76-43(62(96)97)19-14-22-69-63(66)67)77-54(88)35(7)73-52(86)34(6)74-56(90)45(24-37-15-10-9-11-16-37)79-55(89)42(20-21-48(65)84)75-57(91)46(25-38-28-70-41-18-13-12-17-40(38)41)80-58(92)47(26-39-29-68-30-71-39)78-53(87)33(5)72-49(85)27-64/h9-13,15-18,28-36,42-47,50-51,70,83H,14,19-27,64H2,1-8H3,(H2,65,84)(H,68,71)(H,72,85)(H,73,86)(H,74,90)(H,75,91)(H,76,94)(H,77,88)(H,78,87)(H,79,89)(H,80,92)(H,81,95)(H,82,93)(H,96,97)(H4,66,67,69)/t33-,34-,35-,36+,42-,43-,44-,45-,46-,47-,50-,51-/m0/s1. The van der Waals surface area contributed by atoms with Crippen molar-refractivity contribution in [3.05, 3.63) is 90.1 Å². The van der Waals surface area contributed by atoms with Gasteiger partial charge in [0.2, 0.25) is 70.9 Å². The Morgan fingerprint density at radius 1 is 0.526 bits per heavy atom. The number of primary amides is 1. The summed E-state index contributed by atoms with van der Waals surface area (Å²) in [7, 11) is 0. The lowest BCUT2D eigenvalue weighted by Crippen LogP contribution is -2.62. The number of aromatic amines is 2. The van der Waals surface area contributed by atoms with Gasteiger partial charge in [0.1, 0.15) is 66.5 Å². The van der Waals surface area contributed by atoms with E-state index in [0.717, 1.165) is 0 Å². The zero-order valence-corrected chi connectivity index (χ0v) is 55.5. The molecule has 2 aromatic heterocycles. The van der Waals surface area contributed by atoms with Crippen molar-refractivity contribution >= 4 is 93.7 Å². The van der Waals surface area contributed by atoms with Crippen LogP contribution in [0.3, 0.4) is 0 Å². The molecule has 23 N–H and O–H groups in total. The van der Waals surface area contributed by atoms with Gasteiger partial charge in [0, 0.05) is 61.2 Å². The number of rotatable bonds is 40. The Balaban J connectivity index is 1.53. The molecule has 97 heavy (non-hydrogen) atoms. The van der Waals surface area contributed by atoms with Crippen LogP contribution in [0.2, 0.25) is 0 Å². The molecule has 12 amide bonds. The van der Waals surface area contributed by atoms with Crippen molar-refractivity contribution in [3.8, 4) is 0 Å². The third-order valence-electron chi connectivity index (χ3n) is 15.2. The van der Waals surface area contributed by atoms with E-state index >= 15 is 0 Å². The van der Waals surface area contributed by atoms with Gasteiger partial charge in [0.05, 0.1) is 19.0 Å². The second-order valence-corrected chi connectivity index (χ2v) is 24.2. The molecule has 34 heteroatoms. The summed E-state index contributed by atoms with van der Waals surface area (Å²) in [5, 5.41) is 49.1. The highest BCUT2D eigenvalue weighted by Crippen LogP contribution is 2.20. The zero-order valence-electron chi connectivity index (χ0n) is 55.5. The molecule has 4 rings (SSSR count). The number of aliphatic carboxylic acids is 1. The first-order chi connectivity index (χ1) is 45.8. The number of nitrogens with one attached hydrogen (secondary N) is 13. The molecule has 2 heterocycles. The van der Waals surface area contributed by atoms with E-state index in [4.69, 9.17) is 22.9 Å². The van der Waals surface area contributed by atoms with Crippen molar-refractivity contribution in [2.24, 2.45) is 39.8 Å². The van der Waals surface area contributed by atoms with E-state index < -0.39 is 175 Å². The number of carbonyl (C=O) groups is 13. The number of fused-ring (bicyclic) bond motifs is 1. The second kappa shape index (κ2) is 38.8. The van der Waals surface area contributed by atoms with E-state index in [2.05, 4.69) is 78.4 Å². The minimum atomic E-state index is -1.70. The predicted octanol–water partition coefficient (Wildman–Crippen LogP) is -4.24. The van der Waals surface area contributed by atoms with Gasteiger partial charge in [0.15, 0.2) is 5.96 Å². The van der Waals surface area contributed by atoms with E-state index in [1.165, 1.54) is 40.2 Å². The van der Waals surface area contributed by atoms with Gasteiger partial charge in [-0.2, -0.15) is 0 Å². The van der Waals surface area contributed by atoms with Crippen molar-refractivity contribution in [2.45, 2.75) is 179 Å². The first kappa shape index (κ1) is 78.9. The molecular weight excluding hydrogens is 1260 g/mol. The SMILES string of the molecule is CC(C)C[C@H](NC(=O)[C@H](C)NC(=O)[C@H](C)NC(=O)[C@H](Cc1ccccc1)NC(=O)[C@H](CCC(N)=O)NC(=O)[C@H](Cc1c[nH]c2ccccc12)NC(=O)[C@H](Cc1cnc[nH]1)NC(=O)[C@H](C)NC(=O)CN)C(=O)N[C@H](C(=O)N[C@H](C(=O)N[C@@H](CCCN=C(N)N)C(=O)O)C(C)C)[C@@H](C)O. The van der Waals surface area contributed by atoms with E-state index in [0.29, 0.717) is 27.7 Å². The Hall–Kier alpha value is -10.5. The van der Waals surface area contributed by atoms with Crippen LogP contribution in [0.1, 0.15) is 104 Å². The average Bonchev–Trinajstić information content (AvgIpc) is 1.74. The molecule has 0 saturated carbocycles. The van der Waals surface area contributed by atoms with Gasteiger partial charge >= 0.3 is 5.97 Å². The zero-order chi connectivity index (χ0) is 72.2. The first-order valence-corrected chi connectivity index (χ1v) is 31.6. The lowest BCUT2D eigenvalue weighted by Gasteiger charge is -2.29. The van der Waals surface area contributed by atoms with Crippen LogP contribution >= 0.6 is 0 Å². The van der Waals surface area contributed by atoms with Crippen molar-refractivity contribution < 1.29 is 72.5 Å². The highest BCUT2D eigenvalue weighted by atomic mass is 16.4. The summed E-state index contributed by atoms with van der Waals surface area (Å²) in [6.45, 7) is 11.4. The number of aliphatic hydroxyl groups excluding tert-OH is 1. The molecule has 0 aliphatic rings. The van der Waals surface area contributed by atoms with Crippen LogP contribution in [0.5, 0.6) is 0 Å². The number of aliphatic hydroxyl groups is 1. The molecule has 34 nitrogen and oxygen atoms in total. The molecule has 530 valence electrons. The van der Waals surface area contributed by atoms with Crippen LogP contribution in [0.25, 0.3) is 10.9 Å². The van der Waals surface area contributed by atoms with Gasteiger partial charge in [-0.25, -0.2) is 9.78 Å². The number of aromatic nitrogens is 3. The highest BCUT2D eigenvalue weighted by molar-refractivity contribution is 6.00. The lowest BCUT2D eigenvalue weighted by atomic mass is 10.00. The fourth-order valence-corrected chi connectivity index (χ4v) is 9.89. The monoisotopic (exact) mass is 1360 g/mol. The molecule has 0 saturated heterocycles. The van der Waals surface area contributed by atoms with Gasteiger partial charge in [-0.15, -0.1) is 0 Å². The maximum atomic E-state index is 14.7. The van der Waals surface area contributed by atoms with Gasteiger partial charge in [-0.3, -0.25) is 62.5 Å². The minimum absolute atomic E-state index is 0.0201. The number of nitrogens with zero attached hydrogens (tertiary/aromatic N) is 2. The van der Waals surface area contributed by atoms with Crippen molar-refractivity contribution in [1.29, 1.82) is 0 Å². The van der Waals surface area contributed by atoms with E-state index in [9.17, 15) is 72.5 Å². The Labute approximate surface area is 560 Å². The van der Waals surface area contributed by atoms with E-state index in [-0.39, 0.29) is 56.9 Å². The Morgan fingerprint density at radius 2 is 1.02 bits per heavy atom. The van der Waals surface area contributed by atoms with Crippen LogP contribution in [0.4, 0.5) is 0 Å². The largest absolute Gasteiger partial charge is 0.480 e. The van der Waals surface area contributed by atoms with Crippen LogP contribution in [-0.2, 0) is 81.6 Å². The summed E-state index contributed by atoms with van der Waals surface area (Å²) in [4.78, 5) is 190. The Bertz CT molecular complexity index is 3390. The number of guanidine groups is 1. The molecule has 0 radical (unpaired) electrons. The molecule has 0 aliphatic carbocycles. The first-order valence-electron chi connectivity index (χ1n) is 31.6. The Kier molecular flexibility index (Phi) is 31.5. The maximum Gasteiger partial charge on any atom is 0.326 e. The summed E-state index contributed by atoms with van der Waals surface area (Å²) in [5.41, 5.74) is 23.8. The fourth-order valence-electron chi connectivity index (χ4n) is 9.89. The number of hydrogen-bond donors (Lipinski definition) is 19. The molecular formula is C63H93N19O15. The number of imidazole rings is 1. The van der Waals surface area contributed by atoms with Crippen molar-refractivity contribution in [3.63, 3.8) is 0 Å². The number of carbonyl (C=O) groups excluding carboxylic acids is 12. The smallest absolute Gasteiger partial charge is 0.326 e. The molecule has 0 spiro atoms. The molecule has 0 aliphatic heterocycles. The number of para-hydroxylation sites is 1. The number of nitrogens with two attached hydrogens (primary N) is 4. The molecule has 2 aromatic carbocycles. The lowest BCUT2D eigenvalue weighted by molar-refractivity contribution is -0.143. The van der Waals surface area contributed by atoms with Gasteiger partial charge in [-0.05, 0) is 82.4 Å². The summed E-state index contributed by atoms with van der Waals surface area (Å²) in [6.07, 6.45) is 1.48. The molecule has 0 unspecified atom stereocenters. The van der Waals surface area contributed by atoms with Crippen LogP contribution in [-0.4, -0.2) is 194 Å². The predicted molar refractivity (Wildman–Crippen MR) is 354 cm³/mol. The molecule has 12 atom stereocenters. The van der Waals surface area contributed by atoms with E-state index in [1.54, 1.807) is 88.5 Å². The van der Waals surface area contributed by atoms with Gasteiger partial charge < -0.3 is 102 Å².